The first kappa shape index (κ1) is 18.8. The quantitative estimate of drug-likeness (QED) is 0.623. The zero-order valence-corrected chi connectivity index (χ0v) is 16.0. The van der Waals surface area contributed by atoms with Crippen LogP contribution in [0.4, 0.5) is 5.69 Å². The van der Waals surface area contributed by atoms with Gasteiger partial charge in [0.05, 0.1) is 14.7 Å². The SMILES string of the molecule is CNS(=O)(=O)c1ccc(Sc2ncc(C(C)(C)C)s2)c([N+](=O)[O-])c1. The van der Waals surface area contributed by atoms with Crippen LogP contribution in [0.3, 0.4) is 0 Å². The highest BCUT2D eigenvalue weighted by Gasteiger charge is 2.23. The van der Waals surface area contributed by atoms with Gasteiger partial charge in [-0.25, -0.2) is 18.1 Å². The Morgan fingerprint density at radius 2 is 2.00 bits per heavy atom. The molecule has 0 atom stereocenters. The van der Waals surface area contributed by atoms with Crippen molar-refractivity contribution in [2.24, 2.45) is 0 Å². The van der Waals surface area contributed by atoms with E-state index < -0.39 is 14.9 Å². The smallest absolute Gasteiger partial charge is 0.258 e. The minimum atomic E-state index is -3.74. The number of nitro benzene ring substituents is 1. The van der Waals surface area contributed by atoms with Gasteiger partial charge in [-0.2, -0.15) is 0 Å². The van der Waals surface area contributed by atoms with Crippen LogP contribution in [-0.4, -0.2) is 25.4 Å². The van der Waals surface area contributed by atoms with Gasteiger partial charge in [0.1, 0.15) is 0 Å². The van der Waals surface area contributed by atoms with Crippen molar-refractivity contribution < 1.29 is 13.3 Å². The van der Waals surface area contributed by atoms with Gasteiger partial charge < -0.3 is 0 Å². The molecule has 0 radical (unpaired) electrons. The summed E-state index contributed by atoms with van der Waals surface area (Å²) in [6, 6.07) is 3.84. The van der Waals surface area contributed by atoms with Crippen molar-refractivity contribution in [3.05, 3.63) is 39.4 Å². The summed E-state index contributed by atoms with van der Waals surface area (Å²) in [6.45, 7) is 6.19. The molecule has 0 spiro atoms. The third-order valence-electron chi connectivity index (χ3n) is 3.13. The van der Waals surface area contributed by atoms with Crippen molar-refractivity contribution in [1.29, 1.82) is 0 Å². The maximum absolute atomic E-state index is 11.8. The van der Waals surface area contributed by atoms with Gasteiger partial charge >= 0.3 is 0 Å². The van der Waals surface area contributed by atoms with E-state index in [9.17, 15) is 18.5 Å². The lowest BCUT2D eigenvalue weighted by Gasteiger charge is -2.14. The Hall–Kier alpha value is -1.49. The minimum Gasteiger partial charge on any atom is -0.258 e. The van der Waals surface area contributed by atoms with Crippen LogP contribution >= 0.6 is 23.1 Å². The first-order chi connectivity index (χ1) is 11.0. The van der Waals surface area contributed by atoms with Crippen LogP contribution in [-0.2, 0) is 15.4 Å². The van der Waals surface area contributed by atoms with Crippen molar-refractivity contribution in [1.82, 2.24) is 9.71 Å². The highest BCUT2D eigenvalue weighted by molar-refractivity contribution is 8.01. The van der Waals surface area contributed by atoms with Crippen molar-refractivity contribution in [2.75, 3.05) is 7.05 Å². The number of nitro groups is 1. The summed E-state index contributed by atoms with van der Waals surface area (Å²) in [5.74, 6) is 0. The third-order valence-corrected chi connectivity index (χ3v) is 7.10. The van der Waals surface area contributed by atoms with Crippen molar-refractivity contribution >= 4 is 38.8 Å². The maximum atomic E-state index is 11.8. The summed E-state index contributed by atoms with van der Waals surface area (Å²) in [4.78, 5) is 16.3. The lowest BCUT2D eigenvalue weighted by Crippen LogP contribution is -2.18. The molecule has 0 aliphatic heterocycles. The van der Waals surface area contributed by atoms with E-state index in [2.05, 4.69) is 30.5 Å². The molecule has 0 unspecified atom stereocenters. The van der Waals surface area contributed by atoms with Crippen LogP contribution in [0.1, 0.15) is 25.6 Å². The van der Waals surface area contributed by atoms with Crippen LogP contribution in [0, 0.1) is 10.1 Å². The molecule has 0 bridgehead atoms. The predicted molar refractivity (Wildman–Crippen MR) is 94.3 cm³/mol. The number of nitrogens with zero attached hydrogens (tertiary/aromatic N) is 2. The standard InChI is InChI=1S/C14H17N3O4S3/c1-14(2,3)12-8-16-13(23-12)22-11-6-5-9(24(20,21)15-4)7-10(11)17(18)19/h5-8,15H,1-4H3. The number of aromatic nitrogens is 1. The van der Waals surface area contributed by atoms with Crippen molar-refractivity contribution in [2.45, 2.75) is 40.3 Å². The Labute approximate surface area is 148 Å². The zero-order valence-electron chi connectivity index (χ0n) is 13.6. The van der Waals surface area contributed by atoms with E-state index in [-0.39, 0.29) is 16.0 Å². The van der Waals surface area contributed by atoms with Gasteiger partial charge in [0.25, 0.3) is 5.69 Å². The first-order valence-corrected chi connectivity index (χ1v) is 10.0. The Morgan fingerprint density at radius 1 is 1.33 bits per heavy atom. The number of hydrogen-bond acceptors (Lipinski definition) is 7. The Morgan fingerprint density at radius 3 is 2.50 bits per heavy atom. The van der Waals surface area contributed by atoms with Crippen molar-refractivity contribution in [3.8, 4) is 0 Å². The average Bonchev–Trinajstić information content (AvgIpc) is 2.96. The topological polar surface area (TPSA) is 102 Å². The van der Waals surface area contributed by atoms with E-state index in [1.807, 2.05) is 0 Å². The molecular weight excluding hydrogens is 370 g/mol. The predicted octanol–water partition coefficient (Wildman–Crippen LogP) is 3.41. The van der Waals surface area contributed by atoms with E-state index >= 15 is 0 Å². The maximum Gasteiger partial charge on any atom is 0.284 e. The van der Waals surface area contributed by atoms with E-state index in [0.717, 1.165) is 22.7 Å². The van der Waals surface area contributed by atoms with Crippen LogP contribution in [0.15, 0.2) is 38.5 Å². The molecule has 1 heterocycles. The molecule has 0 saturated heterocycles. The zero-order chi connectivity index (χ0) is 18.1. The second-order valence-corrected chi connectivity index (χ2v) is 10.1. The molecule has 0 amide bonds. The number of hydrogen-bond donors (Lipinski definition) is 1. The van der Waals surface area contributed by atoms with Crippen LogP contribution < -0.4 is 4.72 Å². The minimum absolute atomic E-state index is 0.0485. The average molecular weight is 388 g/mol. The monoisotopic (exact) mass is 387 g/mol. The van der Waals surface area contributed by atoms with Gasteiger partial charge in [0.2, 0.25) is 10.0 Å². The molecule has 0 aliphatic rings. The van der Waals surface area contributed by atoms with Crippen LogP contribution in [0.2, 0.25) is 0 Å². The third kappa shape index (κ3) is 4.12. The Bertz CT molecular complexity index is 870. The van der Waals surface area contributed by atoms with Gasteiger partial charge in [-0.1, -0.05) is 32.5 Å². The van der Waals surface area contributed by atoms with Gasteiger partial charge in [-0.05, 0) is 24.6 Å². The summed E-state index contributed by atoms with van der Waals surface area (Å²) >= 11 is 2.62. The second kappa shape index (κ2) is 6.79. The number of thiazole rings is 1. The van der Waals surface area contributed by atoms with E-state index in [1.165, 1.54) is 30.5 Å². The normalized spacial score (nSPS) is 12.3. The molecule has 24 heavy (non-hydrogen) atoms. The molecule has 0 aliphatic carbocycles. The molecule has 0 saturated carbocycles. The molecule has 1 aromatic heterocycles. The number of benzene rings is 1. The Balaban J connectivity index is 2.40. The fourth-order valence-corrected chi connectivity index (χ4v) is 4.59. The first-order valence-electron chi connectivity index (χ1n) is 6.91. The molecule has 7 nitrogen and oxygen atoms in total. The summed E-state index contributed by atoms with van der Waals surface area (Å²) in [7, 11) is -2.48. The van der Waals surface area contributed by atoms with E-state index in [0.29, 0.717) is 9.24 Å². The summed E-state index contributed by atoms with van der Waals surface area (Å²) in [5, 5.41) is 11.3. The van der Waals surface area contributed by atoms with E-state index in [4.69, 9.17) is 0 Å². The van der Waals surface area contributed by atoms with E-state index in [1.54, 1.807) is 6.20 Å². The van der Waals surface area contributed by atoms with Crippen molar-refractivity contribution in [3.63, 3.8) is 0 Å². The fraction of sp³-hybridized carbons (Fsp3) is 0.357. The van der Waals surface area contributed by atoms with Crippen LogP contribution in [0.5, 0.6) is 0 Å². The molecule has 1 N–H and O–H groups in total. The largest absolute Gasteiger partial charge is 0.284 e. The summed E-state index contributed by atoms with van der Waals surface area (Å²) in [5.41, 5.74) is -0.309. The molecule has 10 heteroatoms. The van der Waals surface area contributed by atoms with Gasteiger partial charge in [0, 0.05) is 17.1 Å². The highest BCUT2D eigenvalue weighted by atomic mass is 32.2. The summed E-state index contributed by atoms with van der Waals surface area (Å²) in [6.07, 6.45) is 1.76. The Kier molecular flexibility index (Phi) is 5.33. The molecular formula is C14H17N3O4S3. The second-order valence-electron chi connectivity index (χ2n) is 5.94. The molecule has 130 valence electrons. The lowest BCUT2D eigenvalue weighted by molar-refractivity contribution is -0.388. The lowest BCUT2D eigenvalue weighted by atomic mass is 9.96. The fourth-order valence-electron chi connectivity index (χ4n) is 1.76. The van der Waals surface area contributed by atoms with Crippen LogP contribution in [0.25, 0.3) is 0 Å². The molecule has 1 aromatic carbocycles. The molecule has 2 aromatic rings. The highest BCUT2D eigenvalue weighted by Crippen LogP contribution is 2.39. The van der Waals surface area contributed by atoms with Gasteiger partial charge in [0.15, 0.2) is 4.34 Å². The summed E-state index contributed by atoms with van der Waals surface area (Å²) < 4.78 is 26.4. The molecule has 0 fully saturated rings. The van der Waals surface area contributed by atoms with Gasteiger partial charge in [-0.15, -0.1) is 11.3 Å². The number of sulfonamides is 1. The van der Waals surface area contributed by atoms with Gasteiger partial charge in [-0.3, -0.25) is 10.1 Å². The molecule has 2 rings (SSSR count). The number of rotatable bonds is 5. The number of nitrogens with one attached hydrogen (secondary N) is 1.